The van der Waals surface area contributed by atoms with Gasteiger partial charge < -0.3 is 15.7 Å². The van der Waals surface area contributed by atoms with E-state index in [0.717, 1.165) is 57.5 Å². The number of carbonyl (C=O) groups excluding carboxylic acids is 1. The molecule has 1 aromatic carbocycles. The summed E-state index contributed by atoms with van der Waals surface area (Å²) in [4.78, 5) is 14.4. The van der Waals surface area contributed by atoms with Gasteiger partial charge in [0.15, 0.2) is 0 Å². The van der Waals surface area contributed by atoms with E-state index in [9.17, 15) is 9.90 Å². The van der Waals surface area contributed by atoms with Crippen LogP contribution in [0.25, 0.3) is 0 Å². The summed E-state index contributed by atoms with van der Waals surface area (Å²) in [6, 6.07) is 8.51. The Balaban J connectivity index is 0.00000182. The van der Waals surface area contributed by atoms with Crippen molar-refractivity contribution in [2.24, 2.45) is 5.92 Å². The van der Waals surface area contributed by atoms with Crippen molar-refractivity contribution < 1.29 is 9.90 Å². The van der Waals surface area contributed by atoms with Crippen LogP contribution in [0.3, 0.4) is 0 Å². The molecule has 1 aromatic rings. The van der Waals surface area contributed by atoms with E-state index in [-0.39, 0.29) is 36.8 Å². The Morgan fingerprint density at radius 3 is 2.41 bits per heavy atom. The molecular weight excluding hydrogens is 385 g/mol. The number of amides is 1. The molecule has 0 aliphatic carbocycles. The number of halogens is 2. The maximum absolute atomic E-state index is 12.0. The lowest BCUT2D eigenvalue weighted by Gasteiger charge is -2.29. The summed E-state index contributed by atoms with van der Waals surface area (Å²) in [7, 11) is 0. The van der Waals surface area contributed by atoms with Crippen molar-refractivity contribution in [3.8, 4) is 0 Å². The molecule has 1 atom stereocenters. The van der Waals surface area contributed by atoms with Crippen LogP contribution in [0.15, 0.2) is 24.3 Å². The van der Waals surface area contributed by atoms with Crippen LogP contribution >= 0.6 is 24.8 Å². The summed E-state index contributed by atoms with van der Waals surface area (Å²) >= 11 is 0. The number of benzene rings is 1. The molecule has 0 radical (unpaired) electrons. The Hall–Kier alpha value is -0.850. The molecule has 2 saturated heterocycles. The minimum absolute atomic E-state index is 0. The summed E-state index contributed by atoms with van der Waals surface area (Å²) in [5.41, 5.74) is 2.44. The average molecular weight is 418 g/mol. The first kappa shape index (κ1) is 24.2. The first-order valence-corrected chi connectivity index (χ1v) is 9.64. The molecule has 3 rings (SSSR count). The van der Waals surface area contributed by atoms with Gasteiger partial charge in [-0.3, -0.25) is 9.69 Å². The normalized spacial score (nSPS) is 20.6. The highest BCUT2D eigenvalue weighted by Gasteiger charge is 2.17. The van der Waals surface area contributed by atoms with Crippen molar-refractivity contribution in [2.45, 2.75) is 51.3 Å². The van der Waals surface area contributed by atoms with E-state index in [1.165, 1.54) is 12.0 Å². The van der Waals surface area contributed by atoms with Gasteiger partial charge in [-0.25, -0.2) is 0 Å². The third-order valence-corrected chi connectivity index (χ3v) is 5.42. The van der Waals surface area contributed by atoms with Crippen LogP contribution in [-0.4, -0.2) is 48.2 Å². The fourth-order valence-electron chi connectivity index (χ4n) is 3.68. The van der Waals surface area contributed by atoms with Gasteiger partial charge in [0.2, 0.25) is 5.91 Å². The zero-order chi connectivity index (χ0) is 17.5. The van der Waals surface area contributed by atoms with Gasteiger partial charge in [0.1, 0.15) is 0 Å². The number of rotatable bonds is 7. The molecule has 0 bridgehead atoms. The van der Waals surface area contributed by atoms with E-state index in [2.05, 4.69) is 39.8 Å². The average Bonchev–Trinajstić information content (AvgIpc) is 3.15. The molecule has 2 aliphatic heterocycles. The van der Waals surface area contributed by atoms with Crippen molar-refractivity contribution in [1.82, 2.24) is 15.5 Å². The molecule has 3 N–H and O–H groups in total. The molecule has 2 aliphatic rings. The van der Waals surface area contributed by atoms with Gasteiger partial charge in [-0.1, -0.05) is 24.3 Å². The lowest BCUT2D eigenvalue weighted by molar-refractivity contribution is -0.121. The number of aliphatic hydroxyl groups is 1. The van der Waals surface area contributed by atoms with Crippen LogP contribution in [-0.2, 0) is 17.9 Å². The third kappa shape index (κ3) is 8.36. The van der Waals surface area contributed by atoms with Gasteiger partial charge in [-0.15, -0.1) is 24.8 Å². The molecule has 5 nitrogen and oxygen atoms in total. The number of likely N-dealkylation sites (tertiary alicyclic amines) is 1. The number of hydrogen-bond donors (Lipinski definition) is 3. The van der Waals surface area contributed by atoms with Crippen LogP contribution in [0, 0.1) is 5.92 Å². The SMILES string of the molecule is Cl.Cl.O=C(CCC1CCNC1)NCc1ccc(CN2CCC(O)CC2)cc1. The summed E-state index contributed by atoms with van der Waals surface area (Å²) in [5, 5.41) is 15.9. The summed E-state index contributed by atoms with van der Waals surface area (Å²) in [6.07, 6.45) is 4.45. The maximum Gasteiger partial charge on any atom is 0.220 e. The number of piperidine rings is 1. The highest BCUT2D eigenvalue weighted by Crippen LogP contribution is 2.15. The molecule has 7 heteroatoms. The Kier molecular flexibility index (Phi) is 11.3. The minimum Gasteiger partial charge on any atom is -0.393 e. The van der Waals surface area contributed by atoms with E-state index in [1.807, 2.05) is 0 Å². The third-order valence-electron chi connectivity index (χ3n) is 5.42. The van der Waals surface area contributed by atoms with E-state index >= 15 is 0 Å². The van der Waals surface area contributed by atoms with E-state index in [4.69, 9.17) is 0 Å². The van der Waals surface area contributed by atoms with Gasteiger partial charge in [0, 0.05) is 32.6 Å². The summed E-state index contributed by atoms with van der Waals surface area (Å²) < 4.78 is 0. The number of hydrogen-bond acceptors (Lipinski definition) is 4. The fraction of sp³-hybridized carbons (Fsp3) is 0.650. The molecule has 2 fully saturated rings. The van der Waals surface area contributed by atoms with E-state index < -0.39 is 0 Å². The molecule has 0 saturated carbocycles. The topological polar surface area (TPSA) is 64.6 Å². The van der Waals surface area contributed by atoms with Crippen LogP contribution in [0.1, 0.15) is 43.2 Å². The predicted molar refractivity (Wildman–Crippen MR) is 114 cm³/mol. The zero-order valence-electron chi connectivity index (χ0n) is 15.9. The molecule has 1 amide bonds. The second-order valence-electron chi connectivity index (χ2n) is 7.50. The fourth-order valence-corrected chi connectivity index (χ4v) is 3.68. The highest BCUT2D eigenvalue weighted by atomic mass is 35.5. The van der Waals surface area contributed by atoms with Crippen LogP contribution in [0.4, 0.5) is 0 Å². The Morgan fingerprint density at radius 2 is 1.78 bits per heavy atom. The van der Waals surface area contributed by atoms with Gasteiger partial charge in [-0.2, -0.15) is 0 Å². The van der Waals surface area contributed by atoms with Gasteiger partial charge in [0.05, 0.1) is 6.10 Å². The lowest BCUT2D eigenvalue weighted by Crippen LogP contribution is -2.35. The summed E-state index contributed by atoms with van der Waals surface area (Å²) in [5.74, 6) is 0.823. The summed E-state index contributed by atoms with van der Waals surface area (Å²) in [6.45, 7) is 5.64. The van der Waals surface area contributed by atoms with E-state index in [0.29, 0.717) is 18.9 Å². The van der Waals surface area contributed by atoms with Crippen molar-refractivity contribution >= 4 is 30.7 Å². The van der Waals surface area contributed by atoms with Gasteiger partial charge in [0.25, 0.3) is 0 Å². The minimum atomic E-state index is -0.118. The van der Waals surface area contributed by atoms with Crippen LogP contribution in [0.2, 0.25) is 0 Å². The standard InChI is InChI=1S/C20H31N3O2.2ClH/c24-19-8-11-23(12-9-19)15-18-3-1-16(2-4-18)14-22-20(25)6-5-17-7-10-21-13-17;;/h1-4,17,19,21,24H,5-15H2,(H,22,25);2*1H. The van der Waals surface area contributed by atoms with Crippen molar-refractivity contribution in [1.29, 1.82) is 0 Å². The molecule has 154 valence electrons. The Morgan fingerprint density at radius 1 is 1.11 bits per heavy atom. The Bertz CT molecular complexity index is 543. The smallest absolute Gasteiger partial charge is 0.220 e. The predicted octanol–water partition coefficient (Wildman–Crippen LogP) is 2.49. The monoisotopic (exact) mass is 417 g/mol. The number of nitrogens with zero attached hydrogens (tertiary/aromatic N) is 1. The molecule has 27 heavy (non-hydrogen) atoms. The largest absolute Gasteiger partial charge is 0.393 e. The van der Waals surface area contributed by atoms with E-state index in [1.54, 1.807) is 0 Å². The molecule has 1 unspecified atom stereocenters. The van der Waals surface area contributed by atoms with Crippen molar-refractivity contribution in [2.75, 3.05) is 26.2 Å². The maximum atomic E-state index is 12.0. The number of nitrogens with one attached hydrogen (secondary N) is 2. The van der Waals surface area contributed by atoms with Crippen LogP contribution in [0.5, 0.6) is 0 Å². The number of aliphatic hydroxyl groups excluding tert-OH is 1. The zero-order valence-corrected chi connectivity index (χ0v) is 17.5. The lowest BCUT2D eigenvalue weighted by atomic mass is 10.0. The molecule has 2 heterocycles. The first-order chi connectivity index (χ1) is 12.2. The second kappa shape index (κ2) is 12.6. The number of carbonyl (C=O) groups is 1. The molecule has 0 spiro atoms. The quantitative estimate of drug-likeness (QED) is 0.637. The second-order valence-corrected chi connectivity index (χ2v) is 7.50. The van der Waals surface area contributed by atoms with Gasteiger partial charge >= 0.3 is 0 Å². The van der Waals surface area contributed by atoms with Crippen molar-refractivity contribution in [3.05, 3.63) is 35.4 Å². The molecule has 0 aromatic heterocycles. The van der Waals surface area contributed by atoms with Crippen LogP contribution < -0.4 is 10.6 Å². The van der Waals surface area contributed by atoms with Crippen molar-refractivity contribution in [3.63, 3.8) is 0 Å². The van der Waals surface area contributed by atoms with Gasteiger partial charge in [-0.05, 0) is 55.8 Å². The molecular formula is C20H33Cl2N3O2. The highest BCUT2D eigenvalue weighted by molar-refractivity contribution is 5.85. The Labute approximate surface area is 175 Å². The first-order valence-electron chi connectivity index (χ1n) is 9.64.